The Kier molecular flexibility index (Phi) is 4.95. The van der Waals surface area contributed by atoms with Gasteiger partial charge in [0.25, 0.3) is 5.91 Å². The molecular weight excluding hydrogens is 342 g/mol. The summed E-state index contributed by atoms with van der Waals surface area (Å²) in [6.07, 6.45) is 0. The number of carboxylic acids is 1. The molecule has 0 saturated carbocycles. The first-order valence-electron chi connectivity index (χ1n) is 7.92. The summed E-state index contributed by atoms with van der Waals surface area (Å²) < 4.78 is 5.24. The van der Waals surface area contributed by atoms with Crippen LogP contribution in [-0.4, -0.2) is 42.1 Å². The lowest BCUT2D eigenvalue weighted by Crippen LogP contribution is -2.30. The average molecular weight is 360 g/mol. The van der Waals surface area contributed by atoms with Crippen LogP contribution >= 0.6 is 11.6 Å². The minimum absolute atomic E-state index is 0.156. The summed E-state index contributed by atoms with van der Waals surface area (Å²) in [5, 5.41) is 10.0. The third-order valence-electron chi connectivity index (χ3n) is 4.54. The number of methoxy groups -OCH3 is 1. The van der Waals surface area contributed by atoms with E-state index in [0.29, 0.717) is 22.9 Å². The molecule has 2 aromatic carbocycles. The predicted octanol–water partition coefficient (Wildman–Crippen LogP) is 3.29. The van der Waals surface area contributed by atoms with E-state index >= 15 is 0 Å². The van der Waals surface area contributed by atoms with Crippen LogP contribution in [0.5, 0.6) is 5.75 Å². The third kappa shape index (κ3) is 3.46. The Hall–Kier alpha value is -2.53. The van der Waals surface area contributed by atoms with Crippen LogP contribution in [-0.2, 0) is 4.79 Å². The number of hydrogen-bond acceptors (Lipinski definition) is 3. The topological polar surface area (TPSA) is 66.8 Å². The van der Waals surface area contributed by atoms with Crippen molar-refractivity contribution >= 4 is 23.5 Å². The molecule has 1 aliphatic heterocycles. The number of nitrogens with zero attached hydrogens (tertiary/aromatic N) is 1. The minimum atomic E-state index is -0.901. The van der Waals surface area contributed by atoms with Gasteiger partial charge in [-0.3, -0.25) is 9.59 Å². The standard InChI is InChI=1S/C19H18ClNO4/c1-25-17-8-7-13(20)9-14(17)18(22)21-10-15(16(11-21)19(23)24)12-5-3-2-4-6-12/h2-9,15-16H,10-11H2,1H3,(H,23,24)/t15-,16-/m0/s1. The van der Waals surface area contributed by atoms with Gasteiger partial charge < -0.3 is 14.7 Å². The molecule has 6 heteroatoms. The van der Waals surface area contributed by atoms with E-state index < -0.39 is 11.9 Å². The Morgan fingerprint density at radius 3 is 2.52 bits per heavy atom. The fraction of sp³-hybridized carbons (Fsp3) is 0.263. The Morgan fingerprint density at radius 1 is 1.16 bits per heavy atom. The number of carboxylic acid groups (broad SMARTS) is 1. The van der Waals surface area contributed by atoms with Crippen LogP contribution < -0.4 is 4.74 Å². The van der Waals surface area contributed by atoms with Crippen molar-refractivity contribution in [3.8, 4) is 5.75 Å². The number of amides is 1. The monoisotopic (exact) mass is 359 g/mol. The number of halogens is 1. The van der Waals surface area contributed by atoms with Gasteiger partial charge in [0.2, 0.25) is 0 Å². The molecule has 25 heavy (non-hydrogen) atoms. The molecule has 1 aliphatic rings. The molecule has 2 aromatic rings. The highest BCUT2D eigenvalue weighted by Gasteiger charge is 2.41. The molecule has 5 nitrogen and oxygen atoms in total. The zero-order chi connectivity index (χ0) is 18.0. The maximum Gasteiger partial charge on any atom is 0.308 e. The average Bonchev–Trinajstić information content (AvgIpc) is 3.07. The smallest absolute Gasteiger partial charge is 0.308 e. The highest BCUT2D eigenvalue weighted by molar-refractivity contribution is 6.31. The van der Waals surface area contributed by atoms with Gasteiger partial charge in [-0.2, -0.15) is 0 Å². The van der Waals surface area contributed by atoms with Crippen molar-refractivity contribution in [2.45, 2.75) is 5.92 Å². The first-order chi connectivity index (χ1) is 12.0. The second-order valence-corrected chi connectivity index (χ2v) is 6.45. The van der Waals surface area contributed by atoms with Crippen LogP contribution in [0.15, 0.2) is 48.5 Å². The molecule has 0 radical (unpaired) electrons. The predicted molar refractivity (Wildman–Crippen MR) is 94.2 cm³/mol. The summed E-state index contributed by atoms with van der Waals surface area (Å²) in [4.78, 5) is 26.2. The largest absolute Gasteiger partial charge is 0.496 e. The molecule has 0 unspecified atom stereocenters. The van der Waals surface area contributed by atoms with E-state index in [4.69, 9.17) is 16.3 Å². The number of hydrogen-bond donors (Lipinski definition) is 1. The van der Waals surface area contributed by atoms with E-state index in [1.165, 1.54) is 7.11 Å². The lowest BCUT2D eigenvalue weighted by atomic mass is 9.89. The number of likely N-dealkylation sites (tertiary alicyclic amines) is 1. The van der Waals surface area contributed by atoms with E-state index in [1.54, 1.807) is 23.1 Å². The summed E-state index contributed by atoms with van der Waals surface area (Å²) in [5.74, 6) is -1.64. The van der Waals surface area contributed by atoms with E-state index in [9.17, 15) is 14.7 Å². The summed E-state index contributed by atoms with van der Waals surface area (Å²) in [7, 11) is 1.48. The molecule has 0 aliphatic carbocycles. The third-order valence-corrected chi connectivity index (χ3v) is 4.78. The molecular formula is C19H18ClNO4. The van der Waals surface area contributed by atoms with E-state index in [-0.39, 0.29) is 18.4 Å². The van der Waals surface area contributed by atoms with Crippen molar-refractivity contribution in [3.05, 3.63) is 64.7 Å². The number of ether oxygens (including phenoxy) is 1. The summed E-state index contributed by atoms with van der Waals surface area (Å²) in [5.41, 5.74) is 1.26. The van der Waals surface area contributed by atoms with Gasteiger partial charge in [0, 0.05) is 24.0 Å². The van der Waals surface area contributed by atoms with E-state index in [1.807, 2.05) is 30.3 Å². The zero-order valence-electron chi connectivity index (χ0n) is 13.7. The summed E-state index contributed by atoms with van der Waals surface area (Å²) in [6, 6.07) is 14.3. The van der Waals surface area contributed by atoms with Crippen LogP contribution in [0.2, 0.25) is 5.02 Å². The Balaban J connectivity index is 1.90. The van der Waals surface area contributed by atoms with Crippen molar-refractivity contribution in [3.63, 3.8) is 0 Å². The van der Waals surface area contributed by atoms with Crippen LogP contribution in [0.3, 0.4) is 0 Å². The fourth-order valence-electron chi connectivity index (χ4n) is 3.28. The number of carbonyl (C=O) groups excluding carboxylic acids is 1. The minimum Gasteiger partial charge on any atom is -0.496 e. The van der Waals surface area contributed by atoms with Crippen molar-refractivity contribution in [2.24, 2.45) is 5.92 Å². The van der Waals surface area contributed by atoms with Gasteiger partial charge in [-0.1, -0.05) is 41.9 Å². The van der Waals surface area contributed by atoms with Crippen LogP contribution in [0, 0.1) is 5.92 Å². The molecule has 2 atom stereocenters. The lowest BCUT2D eigenvalue weighted by Gasteiger charge is -2.18. The molecule has 1 heterocycles. The maximum atomic E-state index is 12.9. The maximum absolute atomic E-state index is 12.9. The number of rotatable bonds is 4. The molecule has 1 fully saturated rings. The van der Waals surface area contributed by atoms with E-state index in [2.05, 4.69) is 0 Å². The molecule has 0 spiro atoms. The Labute approximate surface area is 150 Å². The highest BCUT2D eigenvalue weighted by atomic mass is 35.5. The van der Waals surface area contributed by atoms with Crippen molar-refractivity contribution < 1.29 is 19.4 Å². The number of carbonyl (C=O) groups is 2. The van der Waals surface area contributed by atoms with Gasteiger partial charge in [-0.25, -0.2) is 0 Å². The van der Waals surface area contributed by atoms with Crippen LogP contribution in [0.1, 0.15) is 21.8 Å². The molecule has 1 amide bonds. The second-order valence-electron chi connectivity index (χ2n) is 6.02. The van der Waals surface area contributed by atoms with Gasteiger partial charge in [0.05, 0.1) is 18.6 Å². The number of aliphatic carboxylic acids is 1. The summed E-state index contributed by atoms with van der Waals surface area (Å²) >= 11 is 6.01. The molecule has 1 N–H and O–H groups in total. The first-order valence-corrected chi connectivity index (χ1v) is 8.29. The quantitative estimate of drug-likeness (QED) is 0.909. The fourth-order valence-corrected chi connectivity index (χ4v) is 3.45. The Bertz CT molecular complexity index is 793. The van der Waals surface area contributed by atoms with Crippen LogP contribution in [0.4, 0.5) is 0 Å². The van der Waals surface area contributed by atoms with Gasteiger partial charge in [0.15, 0.2) is 0 Å². The molecule has 130 valence electrons. The lowest BCUT2D eigenvalue weighted by molar-refractivity contribution is -0.141. The van der Waals surface area contributed by atoms with Gasteiger partial charge in [-0.15, -0.1) is 0 Å². The second kappa shape index (κ2) is 7.15. The van der Waals surface area contributed by atoms with Gasteiger partial charge in [-0.05, 0) is 23.8 Å². The first kappa shape index (κ1) is 17.3. The highest BCUT2D eigenvalue weighted by Crippen LogP contribution is 2.35. The SMILES string of the molecule is COc1ccc(Cl)cc1C(=O)N1C[C@H](C(=O)O)[C@H](c2ccccc2)C1. The van der Waals surface area contributed by atoms with Crippen molar-refractivity contribution in [1.29, 1.82) is 0 Å². The summed E-state index contributed by atoms with van der Waals surface area (Å²) in [6.45, 7) is 0.499. The molecule has 0 aromatic heterocycles. The molecule has 3 rings (SSSR count). The van der Waals surface area contributed by atoms with Gasteiger partial charge in [0.1, 0.15) is 5.75 Å². The Morgan fingerprint density at radius 2 is 1.88 bits per heavy atom. The van der Waals surface area contributed by atoms with Crippen molar-refractivity contribution in [1.82, 2.24) is 4.90 Å². The van der Waals surface area contributed by atoms with Crippen LogP contribution in [0.25, 0.3) is 0 Å². The molecule has 0 bridgehead atoms. The van der Waals surface area contributed by atoms with Crippen molar-refractivity contribution in [2.75, 3.05) is 20.2 Å². The normalized spacial score (nSPS) is 19.7. The number of benzene rings is 2. The van der Waals surface area contributed by atoms with Gasteiger partial charge >= 0.3 is 5.97 Å². The van der Waals surface area contributed by atoms with E-state index in [0.717, 1.165) is 5.56 Å². The zero-order valence-corrected chi connectivity index (χ0v) is 14.4. The molecule has 1 saturated heterocycles.